The van der Waals surface area contributed by atoms with Crippen molar-refractivity contribution in [1.82, 2.24) is 5.32 Å². The molecule has 0 aliphatic heterocycles. The van der Waals surface area contributed by atoms with Crippen LogP contribution in [-0.4, -0.2) is 30.9 Å². The summed E-state index contributed by atoms with van der Waals surface area (Å²) in [6, 6.07) is -0.907. The van der Waals surface area contributed by atoms with Crippen LogP contribution in [0, 0.1) is 0 Å². The second-order valence-corrected chi connectivity index (χ2v) is 3.75. The molecule has 0 saturated carbocycles. The summed E-state index contributed by atoms with van der Waals surface area (Å²) in [5.41, 5.74) is 4.91. The topological polar surface area (TPSA) is 98.5 Å². The Morgan fingerprint density at radius 3 is 2.59 bits per heavy atom. The third-order valence-corrected chi connectivity index (χ3v) is 2.12. The van der Waals surface area contributed by atoms with Gasteiger partial charge in [0.25, 0.3) is 0 Å². The molecule has 0 aromatic heterocycles. The van der Waals surface area contributed by atoms with E-state index in [-0.39, 0.29) is 6.42 Å². The van der Waals surface area contributed by atoms with E-state index in [9.17, 15) is 14.4 Å². The SMILES string of the molecule is CCCCCCOC(=O)N[C@@H](C=O)CC(N)=O. The zero-order chi connectivity index (χ0) is 13.1. The second kappa shape index (κ2) is 9.62. The Labute approximate surface area is 101 Å². The number of unbranched alkanes of at least 4 members (excludes halogenated alkanes) is 3. The van der Waals surface area contributed by atoms with Gasteiger partial charge < -0.3 is 20.6 Å². The van der Waals surface area contributed by atoms with Gasteiger partial charge in [-0.15, -0.1) is 0 Å². The van der Waals surface area contributed by atoms with Crippen LogP contribution < -0.4 is 11.1 Å². The third kappa shape index (κ3) is 9.35. The molecule has 2 amide bonds. The maximum atomic E-state index is 11.2. The van der Waals surface area contributed by atoms with E-state index in [1.807, 2.05) is 0 Å². The molecular weight excluding hydrogens is 224 g/mol. The van der Waals surface area contributed by atoms with Crippen molar-refractivity contribution in [2.24, 2.45) is 5.73 Å². The highest BCUT2D eigenvalue weighted by atomic mass is 16.5. The molecule has 0 heterocycles. The largest absolute Gasteiger partial charge is 0.450 e. The van der Waals surface area contributed by atoms with E-state index in [1.165, 1.54) is 0 Å². The van der Waals surface area contributed by atoms with Crippen LogP contribution in [0.25, 0.3) is 0 Å². The smallest absolute Gasteiger partial charge is 0.407 e. The molecule has 3 N–H and O–H groups in total. The summed E-state index contributed by atoms with van der Waals surface area (Å²) in [7, 11) is 0. The van der Waals surface area contributed by atoms with Crippen molar-refractivity contribution < 1.29 is 19.1 Å². The Hall–Kier alpha value is -1.59. The van der Waals surface area contributed by atoms with Crippen molar-refractivity contribution in [3.05, 3.63) is 0 Å². The van der Waals surface area contributed by atoms with Crippen molar-refractivity contribution in [2.45, 2.75) is 45.1 Å². The molecule has 0 aromatic carbocycles. The minimum atomic E-state index is -0.907. The molecule has 6 heteroatoms. The molecule has 0 radical (unpaired) electrons. The number of aldehydes is 1. The molecule has 0 spiro atoms. The second-order valence-electron chi connectivity index (χ2n) is 3.75. The first-order valence-electron chi connectivity index (χ1n) is 5.77. The number of amides is 2. The monoisotopic (exact) mass is 244 g/mol. The lowest BCUT2D eigenvalue weighted by Crippen LogP contribution is -2.39. The zero-order valence-corrected chi connectivity index (χ0v) is 10.1. The van der Waals surface area contributed by atoms with E-state index in [0.717, 1.165) is 25.7 Å². The van der Waals surface area contributed by atoms with Gasteiger partial charge in [-0.25, -0.2) is 4.79 Å². The van der Waals surface area contributed by atoms with Crippen LogP contribution in [0.5, 0.6) is 0 Å². The molecule has 1 atom stereocenters. The Balaban J connectivity index is 3.68. The van der Waals surface area contributed by atoms with E-state index in [0.29, 0.717) is 12.9 Å². The first kappa shape index (κ1) is 15.4. The van der Waals surface area contributed by atoms with Gasteiger partial charge in [0.2, 0.25) is 5.91 Å². The maximum Gasteiger partial charge on any atom is 0.407 e. The van der Waals surface area contributed by atoms with E-state index in [2.05, 4.69) is 12.2 Å². The van der Waals surface area contributed by atoms with Crippen molar-refractivity contribution in [3.63, 3.8) is 0 Å². The summed E-state index contributed by atoms with van der Waals surface area (Å²) in [6.45, 7) is 2.40. The fourth-order valence-corrected chi connectivity index (χ4v) is 1.24. The zero-order valence-electron chi connectivity index (χ0n) is 10.1. The number of nitrogens with one attached hydrogen (secondary N) is 1. The molecule has 0 bridgehead atoms. The van der Waals surface area contributed by atoms with Crippen LogP contribution in [0.15, 0.2) is 0 Å². The molecule has 0 aromatic rings. The molecule has 17 heavy (non-hydrogen) atoms. The first-order valence-corrected chi connectivity index (χ1v) is 5.77. The fourth-order valence-electron chi connectivity index (χ4n) is 1.24. The van der Waals surface area contributed by atoms with Crippen molar-refractivity contribution in [2.75, 3.05) is 6.61 Å². The molecule has 6 nitrogen and oxygen atoms in total. The number of ether oxygens (including phenoxy) is 1. The van der Waals surface area contributed by atoms with Crippen molar-refractivity contribution >= 4 is 18.3 Å². The number of carbonyl (C=O) groups excluding carboxylic acids is 3. The summed E-state index contributed by atoms with van der Waals surface area (Å²) in [6.07, 6.45) is 3.56. The highest BCUT2D eigenvalue weighted by Crippen LogP contribution is 1.99. The molecular formula is C11H20N2O4. The molecule has 0 rings (SSSR count). The minimum Gasteiger partial charge on any atom is -0.450 e. The Bertz CT molecular complexity index is 256. The number of nitrogens with two attached hydrogens (primary N) is 1. The maximum absolute atomic E-state index is 11.2. The predicted molar refractivity (Wildman–Crippen MR) is 62.3 cm³/mol. The highest BCUT2D eigenvalue weighted by molar-refractivity contribution is 5.81. The first-order chi connectivity index (χ1) is 8.10. The van der Waals surface area contributed by atoms with E-state index in [1.54, 1.807) is 0 Å². The van der Waals surface area contributed by atoms with Crippen LogP contribution in [0.1, 0.15) is 39.0 Å². The van der Waals surface area contributed by atoms with E-state index in [4.69, 9.17) is 10.5 Å². The number of primary amides is 1. The summed E-state index contributed by atoms with van der Waals surface area (Å²) in [5, 5.41) is 2.26. The molecule has 0 unspecified atom stereocenters. The van der Waals surface area contributed by atoms with Gasteiger partial charge in [0.05, 0.1) is 19.1 Å². The number of carbonyl (C=O) groups is 3. The van der Waals surface area contributed by atoms with E-state index < -0.39 is 18.0 Å². The molecule has 98 valence electrons. The highest BCUT2D eigenvalue weighted by Gasteiger charge is 2.14. The van der Waals surface area contributed by atoms with Gasteiger partial charge in [-0.3, -0.25) is 4.79 Å². The van der Waals surface area contributed by atoms with Crippen LogP contribution in [0.3, 0.4) is 0 Å². The van der Waals surface area contributed by atoms with Crippen LogP contribution >= 0.6 is 0 Å². The minimum absolute atomic E-state index is 0.214. The molecule has 0 aliphatic carbocycles. The van der Waals surface area contributed by atoms with Gasteiger partial charge in [0.15, 0.2) is 0 Å². The van der Waals surface area contributed by atoms with E-state index >= 15 is 0 Å². The van der Waals surface area contributed by atoms with Crippen molar-refractivity contribution in [1.29, 1.82) is 0 Å². The molecule has 0 saturated heterocycles. The molecule has 0 aliphatic rings. The lowest BCUT2D eigenvalue weighted by Gasteiger charge is -2.11. The normalized spacial score (nSPS) is 11.6. The van der Waals surface area contributed by atoms with Crippen LogP contribution in [0.2, 0.25) is 0 Å². The molecule has 0 fully saturated rings. The number of hydrogen-bond acceptors (Lipinski definition) is 4. The van der Waals surface area contributed by atoms with Crippen LogP contribution in [-0.2, 0) is 14.3 Å². The Morgan fingerprint density at radius 1 is 1.35 bits per heavy atom. The predicted octanol–water partition coefficient (Wildman–Crippen LogP) is 0.736. The quantitative estimate of drug-likeness (QED) is 0.461. The Morgan fingerprint density at radius 2 is 2.06 bits per heavy atom. The average Bonchev–Trinajstić information content (AvgIpc) is 2.27. The lowest BCUT2D eigenvalue weighted by atomic mass is 10.2. The van der Waals surface area contributed by atoms with Gasteiger partial charge in [-0.2, -0.15) is 0 Å². The van der Waals surface area contributed by atoms with Gasteiger partial charge >= 0.3 is 6.09 Å². The van der Waals surface area contributed by atoms with Crippen molar-refractivity contribution in [3.8, 4) is 0 Å². The summed E-state index contributed by atoms with van der Waals surface area (Å²) < 4.78 is 4.84. The number of hydrogen-bond donors (Lipinski definition) is 2. The van der Waals surface area contributed by atoms with Gasteiger partial charge in [-0.05, 0) is 6.42 Å². The average molecular weight is 244 g/mol. The van der Waals surface area contributed by atoms with Gasteiger partial charge in [-0.1, -0.05) is 26.2 Å². The standard InChI is InChI=1S/C11H20N2O4/c1-2-3-4-5-6-17-11(16)13-9(8-14)7-10(12)15/h8-9H,2-7H2,1H3,(H2,12,15)(H,13,16)/t9-/m1/s1. The Kier molecular flexibility index (Phi) is 8.72. The third-order valence-electron chi connectivity index (χ3n) is 2.12. The summed E-state index contributed by atoms with van der Waals surface area (Å²) in [4.78, 5) is 32.2. The summed E-state index contributed by atoms with van der Waals surface area (Å²) in [5.74, 6) is -0.648. The number of alkyl carbamates (subject to hydrolysis) is 1. The van der Waals surface area contributed by atoms with Gasteiger partial charge in [0.1, 0.15) is 6.29 Å². The van der Waals surface area contributed by atoms with Gasteiger partial charge in [0, 0.05) is 0 Å². The number of rotatable bonds is 9. The van der Waals surface area contributed by atoms with Crippen LogP contribution in [0.4, 0.5) is 4.79 Å². The fraction of sp³-hybridized carbons (Fsp3) is 0.727. The summed E-state index contributed by atoms with van der Waals surface area (Å²) >= 11 is 0. The lowest BCUT2D eigenvalue weighted by molar-refractivity contribution is -0.120.